The van der Waals surface area contributed by atoms with E-state index in [0.717, 1.165) is 0 Å². The SMILES string of the molecule is C/C=C/Cc1c(F)c(C(=O)Nc2ccccc2Cl)c(C)[n+]([O-])c1C. The summed E-state index contributed by atoms with van der Waals surface area (Å²) < 4.78 is 15.5. The van der Waals surface area contributed by atoms with E-state index in [0.29, 0.717) is 15.4 Å². The van der Waals surface area contributed by atoms with Crippen molar-refractivity contribution < 1.29 is 13.9 Å². The standard InChI is InChI=1S/C18H18ClFN2O2/c1-4-5-8-13-11(2)22(24)12(3)16(17(13)20)18(23)21-15-10-7-6-9-14(15)19/h4-7,9-10H,8H2,1-3H3,(H,21,23)/b5-4+. The molecule has 0 fully saturated rings. The lowest BCUT2D eigenvalue weighted by Gasteiger charge is -2.15. The third-order valence-electron chi connectivity index (χ3n) is 3.80. The predicted octanol–water partition coefficient (Wildman–Crippen LogP) is 4.10. The third kappa shape index (κ3) is 3.41. The summed E-state index contributed by atoms with van der Waals surface area (Å²) in [4.78, 5) is 12.5. The van der Waals surface area contributed by atoms with E-state index >= 15 is 0 Å². The van der Waals surface area contributed by atoms with Crippen molar-refractivity contribution in [2.75, 3.05) is 5.32 Å². The van der Waals surface area contributed by atoms with Gasteiger partial charge in [-0.25, -0.2) is 4.39 Å². The largest absolute Gasteiger partial charge is 0.618 e. The van der Waals surface area contributed by atoms with Gasteiger partial charge in [-0.2, -0.15) is 4.73 Å². The summed E-state index contributed by atoms with van der Waals surface area (Å²) in [6.07, 6.45) is 3.73. The number of carbonyl (C=O) groups is 1. The van der Waals surface area contributed by atoms with Crippen LogP contribution in [0.4, 0.5) is 10.1 Å². The van der Waals surface area contributed by atoms with Crippen molar-refractivity contribution in [3.8, 4) is 0 Å². The first-order chi connectivity index (χ1) is 11.4. The van der Waals surface area contributed by atoms with Crippen molar-refractivity contribution in [3.63, 3.8) is 0 Å². The normalized spacial score (nSPS) is 11.0. The Labute approximate surface area is 145 Å². The van der Waals surface area contributed by atoms with Crippen molar-refractivity contribution in [2.45, 2.75) is 27.2 Å². The van der Waals surface area contributed by atoms with Gasteiger partial charge in [-0.05, 0) is 25.5 Å². The van der Waals surface area contributed by atoms with Crippen molar-refractivity contribution >= 4 is 23.2 Å². The van der Waals surface area contributed by atoms with Crippen molar-refractivity contribution in [3.05, 3.63) is 75.0 Å². The number of para-hydroxylation sites is 1. The van der Waals surface area contributed by atoms with Crippen LogP contribution in [0.1, 0.15) is 34.2 Å². The topological polar surface area (TPSA) is 56.0 Å². The molecule has 0 aliphatic heterocycles. The first kappa shape index (κ1) is 17.9. The molecule has 24 heavy (non-hydrogen) atoms. The summed E-state index contributed by atoms with van der Waals surface area (Å²) in [5, 5.41) is 15.2. The molecule has 0 saturated carbocycles. The molecular weight excluding hydrogens is 331 g/mol. The molecule has 0 aliphatic rings. The number of benzene rings is 1. The monoisotopic (exact) mass is 348 g/mol. The highest BCUT2D eigenvalue weighted by Crippen LogP contribution is 2.24. The maximum atomic E-state index is 14.9. The summed E-state index contributed by atoms with van der Waals surface area (Å²) >= 11 is 6.01. The van der Waals surface area contributed by atoms with Crippen molar-refractivity contribution in [1.82, 2.24) is 0 Å². The maximum absolute atomic E-state index is 14.9. The summed E-state index contributed by atoms with van der Waals surface area (Å²) in [6.45, 7) is 4.76. The lowest BCUT2D eigenvalue weighted by molar-refractivity contribution is -0.620. The highest BCUT2D eigenvalue weighted by atomic mass is 35.5. The first-order valence-corrected chi connectivity index (χ1v) is 7.84. The average molecular weight is 349 g/mol. The summed E-state index contributed by atoms with van der Waals surface area (Å²) in [7, 11) is 0. The molecule has 0 spiro atoms. The molecule has 1 aromatic heterocycles. The van der Waals surface area contributed by atoms with E-state index in [1.807, 2.05) is 0 Å². The van der Waals surface area contributed by atoms with E-state index < -0.39 is 11.7 Å². The summed E-state index contributed by atoms with van der Waals surface area (Å²) in [5.41, 5.74) is 0.556. The van der Waals surface area contributed by atoms with E-state index in [1.54, 1.807) is 43.3 Å². The Morgan fingerprint density at radius 2 is 2.00 bits per heavy atom. The number of carbonyl (C=O) groups excluding carboxylic acids is 1. The zero-order valence-corrected chi connectivity index (χ0v) is 14.4. The second-order valence-corrected chi connectivity index (χ2v) is 5.75. The highest BCUT2D eigenvalue weighted by Gasteiger charge is 2.28. The molecule has 2 aromatic rings. The molecule has 2 rings (SSSR count). The minimum atomic E-state index is -0.704. The highest BCUT2D eigenvalue weighted by molar-refractivity contribution is 6.33. The third-order valence-corrected chi connectivity index (χ3v) is 4.13. The van der Waals surface area contributed by atoms with Gasteiger partial charge in [0.25, 0.3) is 5.91 Å². The van der Waals surface area contributed by atoms with E-state index in [9.17, 15) is 14.4 Å². The van der Waals surface area contributed by atoms with E-state index in [2.05, 4.69) is 5.32 Å². The minimum Gasteiger partial charge on any atom is -0.618 e. The number of hydrogen-bond acceptors (Lipinski definition) is 2. The van der Waals surface area contributed by atoms with E-state index in [4.69, 9.17) is 11.6 Å². The fourth-order valence-corrected chi connectivity index (χ4v) is 2.61. The lowest BCUT2D eigenvalue weighted by atomic mass is 10.0. The molecule has 126 valence electrons. The molecule has 6 heteroatoms. The number of nitrogens with one attached hydrogen (secondary N) is 1. The molecular formula is C18H18ClFN2O2. The fourth-order valence-electron chi connectivity index (χ4n) is 2.43. The minimum absolute atomic E-state index is 0.0128. The van der Waals surface area contributed by atoms with Crippen molar-refractivity contribution in [1.29, 1.82) is 0 Å². The lowest BCUT2D eigenvalue weighted by Crippen LogP contribution is -2.39. The van der Waals surface area contributed by atoms with Gasteiger partial charge in [0.15, 0.2) is 11.5 Å². The van der Waals surface area contributed by atoms with Gasteiger partial charge in [0.2, 0.25) is 5.69 Å². The smallest absolute Gasteiger partial charge is 0.265 e. The predicted molar refractivity (Wildman–Crippen MR) is 92.8 cm³/mol. The fraction of sp³-hybridized carbons (Fsp3) is 0.222. The molecule has 1 N–H and O–H groups in total. The second-order valence-electron chi connectivity index (χ2n) is 5.34. The summed E-state index contributed by atoms with van der Waals surface area (Å²) in [6, 6.07) is 6.63. The number of hydrogen-bond donors (Lipinski definition) is 1. The van der Waals surface area contributed by atoms with Crippen LogP contribution in [-0.4, -0.2) is 5.91 Å². The molecule has 4 nitrogen and oxygen atoms in total. The van der Waals surface area contributed by atoms with Crippen LogP contribution >= 0.6 is 11.6 Å². The van der Waals surface area contributed by atoms with Gasteiger partial charge in [0.1, 0.15) is 5.56 Å². The molecule has 0 atom stereocenters. The molecule has 1 heterocycles. The van der Waals surface area contributed by atoms with Crippen LogP contribution in [0.25, 0.3) is 0 Å². The molecule has 0 radical (unpaired) electrons. The molecule has 1 aromatic carbocycles. The summed E-state index contributed by atoms with van der Waals surface area (Å²) in [5.74, 6) is -1.39. The average Bonchev–Trinajstić information content (AvgIpc) is 2.55. The molecule has 1 amide bonds. The zero-order valence-electron chi connectivity index (χ0n) is 13.7. The zero-order chi connectivity index (χ0) is 17.9. The number of amides is 1. The number of nitrogens with zero attached hydrogens (tertiary/aromatic N) is 1. The van der Waals surface area contributed by atoms with Crippen LogP contribution in [0.2, 0.25) is 5.02 Å². The Hall–Kier alpha value is -2.40. The number of allylic oxidation sites excluding steroid dienone is 2. The van der Waals surface area contributed by atoms with Gasteiger partial charge in [0.05, 0.1) is 16.3 Å². The Kier molecular flexibility index (Phi) is 5.57. The van der Waals surface area contributed by atoms with Gasteiger partial charge in [-0.1, -0.05) is 35.9 Å². The van der Waals surface area contributed by atoms with Gasteiger partial charge in [0, 0.05) is 13.8 Å². The quantitative estimate of drug-likeness (QED) is 0.513. The van der Waals surface area contributed by atoms with E-state index in [1.165, 1.54) is 13.8 Å². The van der Waals surface area contributed by atoms with Crippen molar-refractivity contribution in [2.24, 2.45) is 0 Å². The number of rotatable bonds is 4. The van der Waals surface area contributed by atoms with Gasteiger partial charge < -0.3 is 10.5 Å². The molecule has 0 saturated heterocycles. The van der Waals surface area contributed by atoms with Crippen LogP contribution in [0, 0.1) is 24.9 Å². The van der Waals surface area contributed by atoms with Gasteiger partial charge in [-0.15, -0.1) is 0 Å². The number of anilines is 1. The van der Waals surface area contributed by atoms with Crippen LogP contribution < -0.4 is 10.0 Å². The van der Waals surface area contributed by atoms with Crippen LogP contribution in [0.3, 0.4) is 0 Å². The Morgan fingerprint density at radius 1 is 1.33 bits per heavy atom. The molecule has 0 unspecified atom stereocenters. The Bertz CT molecular complexity index is 819. The van der Waals surface area contributed by atoms with Crippen LogP contribution in [0.15, 0.2) is 36.4 Å². The van der Waals surface area contributed by atoms with Crippen LogP contribution in [0.5, 0.6) is 0 Å². The Balaban J connectivity index is 2.51. The molecule has 0 aliphatic carbocycles. The van der Waals surface area contributed by atoms with Gasteiger partial charge in [-0.3, -0.25) is 4.79 Å². The molecule has 0 bridgehead atoms. The Morgan fingerprint density at radius 3 is 2.62 bits per heavy atom. The van der Waals surface area contributed by atoms with Crippen LogP contribution in [-0.2, 0) is 6.42 Å². The maximum Gasteiger partial charge on any atom is 0.265 e. The van der Waals surface area contributed by atoms with Gasteiger partial charge >= 0.3 is 0 Å². The number of halogens is 2. The first-order valence-electron chi connectivity index (χ1n) is 7.46. The van der Waals surface area contributed by atoms with E-state index in [-0.39, 0.29) is 28.9 Å². The number of aromatic nitrogens is 1. The number of pyridine rings is 1. The second kappa shape index (κ2) is 7.45.